The maximum atomic E-state index is 6.08. The number of aryl methyl sites for hydroxylation is 1. The molecule has 0 unspecified atom stereocenters. The van der Waals surface area contributed by atoms with Crippen LogP contribution in [0.1, 0.15) is 32.4 Å². The lowest BCUT2D eigenvalue weighted by molar-refractivity contribution is 0.325. The third-order valence-corrected chi connectivity index (χ3v) is 4.01. The van der Waals surface area contributed by atoms with E-state index in [0.29, 0.717) is 17.7 Å². The number of anilines is 1. The van der Waals surface area contributed by atoms with Crippen LogP contribution in [0.15, 0.2) is 6.07 Å². The molecule has 4 nitrogen and oxygen atoms in total. The maximum Gasteiger partial charge on any atom is 0.226 e. The van der Waals surface area contributed by atoms with Gasteiger partial charge in [-0.1, -0.05) is 13.8 Å². The number of ether oxygens (including phenoxy) is 1. The summed E-state index contributed by atoms with van der Waals surface area (Å²) in [4.78, 5) is 8.61. The van der Waals surface area contributed by atoms with Crippen LogP contribution >= 0.6 is 11.6 Å². The van der Waals surface area contributed by atoms with Crippen LogP contribution in [0, 0.1) is 12.3 Å². The van der Waals surface area contributed by atoms with Crippen molar-refractivity contribution >= 4 is 17.5 Å². The van der Waals surface area contributed by atoms with E-state index in [0.717, 1.165) is 25.1 Å². The Hall–Kier alpha value is -1.03. The molecule has 5 heteroatoms. The molecule has 0 saturated carbocycles. The molecule has 0 atom stereocenters. The number of nitrogens with one attached hydrogen (secondary N) is 1. The number of hydrogen-bond acceptors (Lipinski definition) is 4. The molecule has 0 aromatic carbocycles. The normalized spacial score (nSPS) is 11.4. The molecule has 0 bridgehead atoms. The van der Waals surface area contributed by atoms with Crippen LogP contribution in [-0.2, 0) is 0 Å². The largest absolute Gasteiger partial charge is 0.481 e. The van der Waals surface area contributed by atoms with Crippen LogP contribution in [-0.4, -0.2) is 29.5 Å². The number of methoxy groups -OCH3 is 1. The summed E-state index contributed by atoms with van der Waals surface area (Å²) in [6.07, 6.45) is 2.06. The van der Waals surface area contributed by atoms with Crippen molar-refractivity contribution in [2.24, 2.45) is 5.41 Å². The van der Waals surface area contributed by atoms with Crippen molar-refractivity contribution in [3.05, 3.63) is 11.8 Å². The van der Waals surface area contributed by atoms with E-state index in [1.54, 1.807) is 13.2 Å². The van der Waals surface area contributed by atoms with E-state index in [4.69, 9.17) is 16.3 Å². The van der Waals surface area contributed by atoms with Gasteiger partial charge in [0.25, 0.3) is 0 Å². The Bertz CT molecular complexity index is 372. The molecule has 0 fully saturated rings. The predicted octanol–water partition coefficient (Wildman–Crippen LogP) is 3.25. The van der Waals surface area contributed by atoms with E-state index < -0.39 is 0 Å². The number of nitrogens with zero attached hydrogens (tertiary/aromatic N) is 2. The minimum absolute atomic E-state index is 0.0991. The minimum Gasteiger partial charge on any atom is -0.481 e. The van der Waals surface area contributed by atoms with Gasteiger partial charge in [0, 0.05) is 29.6 Å². The standard InChI is InChI=1S/C13H22ClN3O/c1-5-13(6-2,8-14)9-15-12-16-10(3)7-11(17-12)18-4/h7H,5-6,8-9H2,1-4H3,(H,15,16,17). The van der Waals surface area contributed by atoms with E-state index in [1.165, 1.54) is 0 Å². The van der Waals surface area contributed by atoms with E-state index in [-0.39, 0.29) is 5.41 Å². The summed E-state index contributed by atoms with van der Waals surface area (Å²) in [6, 6.07) is 1.81. The Labute approximate surface area is 114 Å². The zero-order valence-corrected chi connectivity index (χ0v) is 12.3. The summed E-state index contributed by atoms with van der Waals surface area (Å²) in [5, 5.41) is 3.27. The second kappa shape index (κ2) is 6.78. The summed E-state index contributed by atoms with van der Waals surface area (Å²) in [5.74, 6) is 1.81. The molecule has 1 rings (SSSR count). The predicted molar refractivity (Wildman–Crippen MR) is 75.5 cm³/mol. The van der Waals surface area contributed by atoms with Crippen LogP contribution in [0.3, 0.4) is 0 Å². The van der Waals surface area contributed by atoms with Gasteiger partial charge in [0.1, 0.15) is 0 Å². The van der Waals surface area contributed by atoms with Crippen LogP contribution in [0.25, 0.3) is 0 Å². The molecule has 0 aliphatic rings. The van der Waals surface area contributed by atoms with E-state index >= 15 is 0 Å². The van der Waals surface area contributed by atoms with Gasteiger partial charge in [0.05, 0.1) is 7.11 Å². The lowest BCUT2D eigenvalue weighted by Crippen LogP contribution is -2.31. The first-order chi connectivity index (χ1) is 8.59. The monoisotopic (exact) mass is 271 g/mol. The minimum atomic E-state index is 0.0991. The molecule has 0 aliphatic heterocycles. The average molecular weight is 272 g/mol. The fraction of sp³-hybridized carbons (Fsp3) is 0.692. The Morgan fingerprint density at radius 1 is 1.33 bits per heavy atom. The van der Waals surface area contributed by atoms with Crippen LogP contribution < -0.4 is 10.1 Å². The van der Waals surface area contributed by atoms with Gasteiger partial charge in [-0.3, -0.25) is 0 Å². The fourth-order valence-electron chi connectivity index (χ4n) is 1.73. The Balaban J connectivity index is 2.76. The molecule has 1 aromatic rings. The van der Waals surface area contributed by atoms with Gasteiger partial charge < -0.3 is 10.1 Å². The zero-order valence-electron chi connectivity index (χ0n) is 11.6. The van der Waals surface area contributed by atoms with Crippen molar-refractivity contribution < 1.29 is 4.74 Å². The first-order valence-corrected chi connectivity index (χ1v) is 6.82. The van der Waals surface area contributed by atoms with Crippen molar-refractivity contribution in [2.75, 3.05) is 24.9 Å². The lowest BCUT2D eigenvalue weighted by atomic mass is 9.84. The first-order valence-electron chi connectivity index (χ1n) is 6.28. The Morgan fingerprint density at radius 2 is 2.00 bits per heavy atom. The highest BCUT2D eigenvalue weighted by atomic mass is 35.5. The molecular formula is C13H22ClN3O. The molecule has 18 heavy (non-hydrogen) atoms. The second-order valence-electron chi connectivity index (χ2n) is 4.57. The van der Waals surface area contributed by atoms with E-state index in [2.05, 4.69) is 29.1 Å². The SMILES string of the molecule is CCC(CC)(CCl)CNc1nc(C)cc(OC)n1. The summed E-state index contributed by atoms with van der Waals surface area (Å²) in [5.41, 5.74) is 0.982. The van der Waals surface area contributed by atoms with Gasteiger partial charge in [0.15, 0.2) is 0 Å². The highest BCUT2D eigenvalue weighted by Crippen LogP contribution is 2.28. The molecule has 102 valence electrons. The number of alkyl halides is 1. The summed E-state index contributed by atoms with van der Waals surface area (Å²) in [6.45, 7) is 7.01. The van der Waals surface area contributed by atoms with Crippen molar-refractivity contribution in [1.82, 2.24) is 9.97 Å². The second-order valence-corrected chi connectivity index (χ2v) is 4.84. The van der Waals surface area contributed by atoms with Gasteiger partial charge in [-0.15, -0.1) is 11.6 Å². The Kier molecular flexibility index (Phi) is 5.66. The maximum absolute atomic E-state index is 6.08. The first kappa shape index (κ1) is 15.0. The van der Waals surface area contributed by atoms with Gasteiger partial charge in [-0.25, -0.2) is 4.98 Å². The summed E-state index contributed by atoms with van der Waals surface area (Å²) < 4.78 is 5.13. The van der Waals surface area contributed by atoms with Crippen molar-refractivity contribution in [3.8, 4) is 5.88 Å². The molecular weight excluding hydrogens is 250 g/mol. The molecule has 0 saturated heterocycles. The van der Waals surface area contributed by atoms with Crippen LogP contribution in [0.5, 0.6) is 5.88 Å². The van der Waals surface area contributed by atoms with Crippen molar-refractivity contribution in [3.63, 3.8) is 0 Å². The molecule has 0 aliphatic carbocycles. The fourth-order valence-corrected chi connectivity index (χ4v) is 2.20. The molecule has 1 aromatic heterocycles. The van der Waals surface area contributed by atoms with Crippen LogP contribution in [0.4, 0.5) is 5.95 Å². The number of hydrogen-bond donors (Lipinski definition) is 1. The smallest absolute Gasteiger partial charge is 0.226 e. The van der Waals surface area contributed by atoms with Gasteiger partial charge >= 0.3 is 0 Å². The highest BCUT2D eigenvalue weighted by molar-refractivity contribution is 6.18. The lowest BCUT2D eigenvalue weighted by Gasteiger charge is -2.29. The van der Waals surface area contributed by atoms with Crippen LogP contribution in [0.2, 0.25) is 0 Å². The van der Waals surface area contributed by atoms with Gasteiger partial charge in [0.2, 0.25) is 11.8 Å². The van der Waals surface area contributed by atoms with E-state index in [1.807, 2.05) is 6.92 Å². The van der Waals surface area contributed by atoms with Gasteiger partial charge in [-0.05, 0) is 19.8 Å². The molecule has 0 amide bonds. The van der Waals surface area contributed by atoms with E-state index in [9.17, 15) is 0 Å². The molecule has 0 radical (unpaired) electrons. The highest BCUT2D eigenvalue weighted by Gasteiger charge is 2.25. The number of rotatable bonds is 7. The molecule has 1 N–H and O–H groups in total. The third-order valence-electron chi connectivity index (χ3n) is 3.44. The summed E-state index contributed by atoms with van der Waals surface area (Å²) in [7, 11) is 1.60. The average Bonchev–Trinajstić information content (AvgIpc) is 2.40. The third kappa shape index (κ3) is 3.73. The van der Waals surface area contributed by atoms with Gasteiger partial charge in [-0.2, -0.15) is 4.98 Å². The van der Waals surface area contributed by atoms with Crippen molar-refractivity contribution in [1.29, 1.82) is 0 Å². The molecule has 0 spiro atoms. The number of aromatic nitrogens is 2. The Morgan fingerprint density at radius 3 is 2.50 bits per heavy atom. The summed E-state index contributed by atoms with van der Waals surface area (Å²) >= 11 is 6.08. The topological polar surface area (TPSA) is 47.0 Å². The van der Waals surface area contributed by atoms with Crippen molar-refractivity contribution in [2.45, 2.75) is 33.6 Å². The number of halogens is 1. The zero-order chi connectivity index (χ0) is 13.6. The molecule has 1 heterocycles. The quantitative estimate of drug-likeness (QED) is 0.774.